The van der Waals surface area contributed by atoms with E-state index in [1.807, 2.05) is 16.8 Å². The monoisotopic (exact) mass is 291 g/mol. The number of nitrogens with one attached hydrogen (secondary N) is 1. The lowest BCUT2D eigenvalue weighted by Gasteiger charge is -2.28. The van der Waals surface area contributed by atoms with E-state index in [-0.39, 0.29) is 11.3 Å². The zero-order valence-electron chi connectivity index (χ0n) is 10.7. The molecule has 19 heavy (non-hydrogen) atoms. The summed E-state index contributed by atoms with van der Waals surface area (Å²) in [5.74, 6) is 0.0581. The van der Waals surface area contributed by atoms with Gasteiger partial charge >= 0.3 is 0 Å². The molecule has 2 aromatic rings. The molecule has 0 radical (unpaired) electrons. The van der Waals surface area contributed by atoms with Crippen LogP contribution >= 0.6 is 22.7 Å². The third-order valence-corrected chi connectivity index (χ3v) is 5.43. The van der Waals surface area contributed by atoms with Crippen LogP contribution in [0.25, 0.3) is 0 Å². The molecule has 100 valence electrons. The molecular formula is C15H17NOS2. The maximum absolute atomic E-state index is 12.1. The minimum Gasteiger partial charge on any atom is -0.351 e. The molecule has 0 saturated heterocycles. The lowest BCUT2D eigenvalue weighted by atomic mass is 9.80. The molecule has 0 spiro atoms. The van der Waals surface area contributed by atoms with Crippen LogP contribution in [-0.2, 0) is 5.41 Å². The van der Waals surface area contributed by atoms with Crippen LogP contribution in [-0.4, -0.2) is 12.5 Å². The highest BCUT2D eigenvalue weighted by Crippen LogP contribution is 2.41. The van der Waals surface area contributed by atoms with E-state index >= 15 is 0 Å². The molecule has 0 aromatic carbocycles. The van der Waals surface area contributed by atoms with Crippen LogP contribution in [0.3, 0.4) is 0 Å². The Kier molecular flexibility index (Phi) is 3.71. The molecule has 4 heteroatoms. The first-order valence-electron chi connectivity index (χ1n) is 6.63. The number of amides is 1. The minimum atomic E-state index is 0.0581. The molecule has 1 aliphatic carbocycles. The van der Waals surface area contributed by atoms with Crippen molar-refractivity contribution >= 4 is 28.6 Å². The minimum absolute atomic E-state index is 0.0581. The van der Waals surface area contributed by atoms with Gasteiger partial charge in [-0.05, 0) is 46.7 Å². The van der Waals surface area contributed by atoms with E-state index in [1.54, 1.807) is 22.7 Å². The Morgan fingerprint density at radius 2 is 1.89 bits per heavy atom. The Labute approximate surface area is 121 Å². The highest BCUT2D eigenvalue weighted by atomic mass is 32.1. The Morgan fingerprint density at radius 3 is 2.53 bits per heavy atom. The van der Waals surface area contributed by atoms with Gasteiger partial charge in [-0.1, -0.05) is 12.8 Å². The molecular weight excluding hydrogens is 274 g/mol. The summed E-state index contributed by atoms with van der Waals surface area (Å²) in [4.78, 5) is 12.1. The Hall–Kier alpha value is -1.13. The first kappa shape index (κ1) is 12.9. The van der Waals surface area contributed by atoms with Gasteiger partial charge in [0.25, 0.3) is 5.91 Å². The zero-order chi connectivity index (χ0) is 13.1. The van der Waals surface area contributed by atoms with E-state index in [9.17, 15) is 4.79 Å². The van der Waals surface area contributed by atoms with E-state index in [2.05, 4.69) is 22.1 Å². The van der Waals surface area contributed by atoms with Gasteiger partial charge in [0, 0.05) is 22.9 Å². The molecule has 0 unspecified atom stereocenters. The van der Waals surface area contributed by atoms with Crippen LogP contribution < -0.4 is 5.32 Å². The number of hydrogen-bond acceptors (Lipinski definition) is 3. The summed E-state index contributed by atoms with van der Waals surface area (Å²) in [6.07, 6.45) is 4.91. The molecule has 1 N–H and O–H groups in total. The van der Waals surface area contributed by atoms with Crippen molar-refractivity contribution < 1.29 is 4.79 Å². The Balaban J connectivity index is 1.71. The molecule has 0 aliphatic heterocycles. The van der Waals surface area contributed by atoms with Gasteiger partial charge in [0.1, 0.15) is 0 Å². The number of hydrogen-bond donors (Lipinski definition) is 1. The van der Waals surface area contributed by atoms with Crippen LogP contribution in [0.4, 0.5) is 0 Å². The van der Waals surface area contributed by atoms with E-state index in [4.69, 9.17) is 0 Å². The van der Waals surface area contributed by atoms with Crippen LogP contribution in [0.2, 0.25) is 0 Å². The smallest absolute Gasteiger partial charge is 0.252 e. The van der Waals surface area contributed by atoms with Crippen molar-refractivity contribution in [1.29, 1.82) is 0 Å². The number of carbonyl (C=O) groups is 1. The fraction of sp³-hybridized carbons (Fsp3) is 0.400. The summed E-state index contributed by atoms with van der Waals surface area (Å²) in [7, 11) is 0. The summed E-state index contributed by atoms with van der Waals surface area (Å²) in [6.45, 7) is 0.762. The van der Waals surface area contributed by atoms with Crippen molar-refractivity contribution in [2.45, 2.75) is 31.1 Å². The quantitative estimate of drug-likeness (QED) is 0.904. The molecule has 1 aliphatic rings. The number of thiophene rings is 2. The predicted molar refractivity (Wildman–Crippen MR) is 81.1 cm³/mol. The molecule has 1 saturated carbocycles. The Morgan fingerprint density at radius 1 is 1.16 bits per heavy atom. The average Bonchev–Trinajstić information content (AvgIpc) is 3.16. The first-order valence-corrected chi connectivity index (χ1v) is 8.52. The maximum Gasteiger partial charge on any atom is 0.252 e. The molecule has 2 nitrogen and oxygen atoms in total. The van der Waals surface area contributed by atoms with Gasteiger partial charge in [-0.15, -0.1) is 0 Å². The van der Waals surface area contributed by atoms with Gasteiger partial charge in [-0.25, -0.2) is 0 Å². The second kappa shape index (κ2) is 5.47. The van der Waals surface area contributed by atoms with Crippen molar-refractivity contribution in [2.24, 2.45) is 0 Å². The van der Waals surface area contributed by atoms with E-state index < -0.39 is 0 Å². The maximum atomic E-state index is 12.1. The third kappa shape index (κ3) is 2.60. The summed E-state index contributed by atoms with van der Waals surface area (Å²) in [5, 5.41) is 11.3. The predicted octanol–water partition coefficient (Wildman–Crippen LogP) is 4.05. The van der Waals surface area contributed by atoms with E-state index in [1.165, 1.54) is 31.2 Å². The van der Waals surface area contributed by atoms with Gasteiger partial charge in [0.15, 0.2) is 0 Å². The molecule has 2 heterocycles. The zero-order valence-corrected chi connectivity index (χ0v) is 12.4. The number of carbonyl (C=O) groups excluding carboxylic acids is 1. The van der Waals surface area contributed by atoms with Crippen molar-refractivity contribution in [3.05, 3.63) is 44.8 Å². The third-order valence-electron chi connectivity index (χ3n) is 4.06. The fourth-order valence-electron chi connectivity index (χ4n) is 2.93. The highest BCUT2D eigenvalue weighted by Gasteiger charge is 2.36. The van der Waals surface area contributed by atoms with Crippen LogP contribution in [0, 0.1) is 0 Å². The molecule has 1 amide bonds. The molecule has 3 rings (SSSR count). The van der Waals surface area contributed by atoms with Gasteiger partial charge in [-0.3, -0.25) is 4.79 Å². The SMILES string of the molecule is O=C(NCC1(c2ccsc2)CCCC1)c1ccsc1. The Bertz CT molecular complexity index is 525. The topological polar surface area (TPSA) is 29.1 Å². The highest BCUT2D eigenvalue weighted by molar-refractivity contribution is 7.08. The van der Waals surface area contributed by atoms with Crippen LogP contribution in [0.15, 0.2) is 33.7 Å². The largest absolute Gasteiger partial charge is 0.351 e. The average molecular weight is 291 g/mol. The van der Waals surface area contributed by atoms with Gasteiger partial charge < -0.3 is 5.32 Å². The lowest BCUT2D eigenvalue weighted by Crippen LogP contribution is -2.38. The van der Waals surface area contributed by atoms with Gasteiger partial charge in [0.2, 0.25) is 0 Å². The van der Waals surface area contributed by atoms with E-state index in [0.29, 0.717) is 0 Å². The second-order valence-electron chi connectivity index (χ2n) is 5.19. The summed E-state index contributed by atoms with van der Waals surface area (Å²) in [5.41, 5.74) is 2.36. The summed E-state index contributed by atoms with van der Waals surface area (Å²) in [6, 6.07) is 4.10. The van der Waals surface area contributed by atoms with Crippen molar-refractivity contribution in [3.8, 4) is 0 Å². The molecule has 2 aromatic heterocycles. The van der Waals surface area contributed by atoms with Gasteiger partial charge in [0.05, 0.1) is 0 Å². The standard InChI is InChI=1S/C15H17NOS2/c17-14(12-3-7-18-9-12)16-11-15(5-1-2-6-15)13-4-8-19-10-13/h3-4,7-10H,1-2,5-6,11H2,(H,16,17). The molecule has 0 atom stereocenters. The first-order chi connectivity index (χ1) is 9.30. The van der Waals surface area contributed by atoms with Gasteiger partial charge in [-0.2, -0.15) is 22.7 Å². The molecule has 0 bridgehead atoms. The normalized spacial score (nSPS) is 17.5. The second-order valence-corrected chi connectivity index (χ2v) is 6.75. The van der Waals surface area contributed by atoms with E-state index in [0.717, 1.165) is 12.1 Å². The van der Waals surface area contributed by atoms with Crippen molar-refractivity contribution in [1.82, 2.24) is 5.32 Å². The van der Waals surface area contributed by atoms with Crippen LogP contribution in [0.1, 0.15) is 41.6 Å². The number of rotatable bonds is 4. The lowest BCUT2D eigenvalue weighted by molar-refractivity contribution is 0.0943. The fourth-order valence-corrected chi connectivity index (χ4v) is 4.35. The van der Waals surface area contributed by atoms with Crippen molar-refractivity contribution in [2.75, 3.05) is 6.54 Å². The van der Waals surface area contributed by atoms with Crippen LogP contribution in [0.5, 0.6) is 0 Å². The summed E-state index contributed by atoms with van der Waals surface area (Å²) >= 11 is 3.31. The molecule has 1 fully saturated rings. The summed E-state index contributed by atoms with van der Waals surface area (Å²) < 4.78 is 0. The van der Waals surface area contributed by atoms with Crippen molar-refractivity contribution in [3.63, 3.8) is 0 Å².